The largest absolute Gasteiger partial charge is 0.364 e. The van der Waals surface area contributed by atoms with E-state index in [1.54, 1.807) is 24.3 Å². The van der Waals surface area contributed by atoms with Crippen LogP contribution in [0.2, 0.25) is 0 Å². The molecular formula is C23H25N3O2S2. The van der Waals surface area contributed by atoms with Crippen LogP contribution in [0.3, 0.4) is 0 Å². The second-order valence-corrected chi connectivity index (χ2v) is 10.7. The Labute approximate surface area is 183 Å². The summed E-state index contributed by atoms with van der Waals surface area (Å²) in [6.45, 7) is 3.64. The Bertz CT molecular complexity index is 1070. The summed E-state index contributed by atoms with van der Waals surface area (Å²) in [5, 5.41) is 10.9. The highest BCUT2D eigenvalue weighted by Crippen LogP contribution is 2.50. The molecule has 0 bridgehead atoms. The lowest BCUT2D eigenvalue weighted by Gasteiger charge is -2.25. The van der Waals surface area contributed by atoms with E-state index in [1.165, 1.54) is 28.5 Å². The van der Waals surface area contributed by atoms with Crippen molar-refractivity contribution in [2.75, 3.05) is 13.1 Å². The molecule has 2 aromatic carbocycles. The van der Waals surface area contributed by atoms with Gasteiger partial charge in [0.2, 0.25) is 0 Å². The first kappa shape index (κ1) is 21.0. The number of likely N-dealkylation sites (tertiary alicyclic amines) is 1. The van der Waals surface area contributed by atoms with E-state index in [-0.39, 0.29) is 4.90 Å². The predicted molar refractivity (Wildman–Crippen MR) is 120 cm³/mol. The van der Waals surface area contributed by atoms with Crippen LogP contribution in [0.4, 0.5) is 0 Å². The molecule has 2 aliphatic rings. The van der Waals surface area contributed by atoms with Crippen LogP contribution < -0.4 is 0 Å². The highest BCUT2D eigenvalue weighted by Gasteiger charge is 2.44. The Kier molecular flexibility index (Phi) is 6.19. The van der Waals surface area contributed by atoms with Crippen LogP contribution in [0.1, 0.15) is 42.9 Å². The van der Waals surface area contributed by atoms with Crippen molar-refractivity contribution in [3.05, 3.63) is 76.3 Å². The second-order valence-electron chi connectivity index (χ2n) is 7.71. The Morgan fingerprint density at radius 1 is 0.967 bits per heavy atom. The van der Waals surface area contributed by atoms with Crippen molar-refractivity contribution in [2.45, 2.75) is 43.5 Å². The van der Waals surface area contributed by atoms with Gasteiger partial charge in [-0.1, -0.05) is 60.9 Å². The molecule has 2 aliphatic heterocycles. The van der Waals surface area contributed by atoms with Crippen molar-refractivity contribution in [3.8, 4) is 6.07 Å². The summed E-state index contributed by atoms with van der Waals surface area (Å²) >= 11 is 1.20. The fourth-order valence-electron chi connectivity index (χ4n) is 3.95. The van der Waals surface area contributed by atoms with Crippen molar-refractivity contribution in [1.29, 1.82) is 5.26 Å². The predicted octanol–water partition coefficient (Wildman–Crippen LogP) is 5.00. The minimum atomic E-state index is -3.80. The van der Waals surface area contributed by atoms with E-state index in [0.717, 1.165) is 42.1 Å². The van der Waals surface area contributed by atoms with Crippen molar-refractivity contribution >= 4 is 22.0 Å². The van der Waals surface area contributed by atoms with Gasteiger partial charge in [0.25, 0.3) is 10.0 Å². The van der Waals surface area contributed by atoms with E-state index >= 15 is 0 Å². The third kappa shape index (κ3) is 4.00. The molecule has 1 saturated heterocycles. The summed E-state index contributed by atoms with van der Waals surface area (Å²) in [7, 11) is -3.80. The number of aryl methyl sites for hydroxylation is 1. The van der Waals surface area contributed by atoms with Gasteiger partial charge < -0.3 is 4.90 Å². The van der Waals surface area contributed by atoms with Crippen LogP contribution in [0, 0.1) is 18.3 Å². The number of rotatable bonds is 4. The molecule has 1 unspecified atom stereocenters. The fourth-order valence-corrected chi connectivity index (χ4v) is 7.06. The molecule has 0 aliphatic carbocycles. The van der Waals surface area contributed by atoms with Gasteiger partial charge in [-0.05, 0) is 49.4 Å². The van der Waals surface area contributed by atoms with Crippen molar-refractivity contribution in [1.82, 2.24) is 8.61 Å². The molecule has 1 fully saturated rings. The van der Waals surface area contributed by atoms with Crippen molar-refractivity contribution in [2.24, 2.45) is 0 Å². The summed E-state index contributed by atoms with van der Waals surface area (Å²) in [4.78, 5) is 2.45. The number of nitrogens with zero attached hydrogens (tertiary/aromatic N) is 3. The summed E-state index contributed by atoms with van der Waals surface area (Å²) in [5.74, 6) is 0. The molecule has 0 radical (unpaired) electrons. The zero-order chi connectivity index (χ0) is 21.1. The lowest BCUT2D eigenvalue weighted by molar-refractivity contribution is 0.380. The van der Waals surface area contributed by atoms with Gasteiger partial charge in [0, 0.05) is 13.1 Å². The SMILES string of the molecule is Cc1ccc(S(=O)(=O)N2SC(N3CCCCCC3)=C(C#N)C2c2ccccc2)cc1. The highest BCUT2D eigenvalue weighted by atomic mass is 32.3. The number of benzene rings is 2. The maximum atomic E-state index is 13.6. The van der Waals surface area contributed by atoms with Gasteiger partial charge in [-0.2, -0.15) is 5.26 Å². The molecule has 30 heavy (non-hydrogen) atoms. The molecular weight excluding hydrogens is 414 g/mol. The average molecular weight is 440 g/mol. The maximum Gasteiger partial charge on any atom is 0.253 e. The Morgan fingerprint density at radius 3 is 2.20 bits per heavy atom. The van der Waals surface area contributed by atoms with Gasteiger partial charge in [0.1, 0.15) is 5.03 Å². The summed E-state index contributed by atoms with van der Waals surface area (Å²) < 4.78 is 28.7. The third-order valence-electron chi connectivity index (χ3n) is 5.58. The van der Waals surface area contributed by atoms with Gasteiger partial charge in [0.15, 0.2) is 0 Å². The minimum absolute atomic E-state index is 0.246. The number of sulfonamides is 1. The molecule has 0 amide bonds. The smallest absolute Gasteiger partial charge is 0.253 e. The van der Waals surface area contributed by atoms with E-state index in [9.17, 15) is 13.7 Å². The second kappa shape index (κ2) is 8.84. The monoisotopic (exact) mass is 439 g/mol. The third-order valence-corrected chi connectivity index (χ3v) is 8.98. The maximum absolute atomic E-state index is 13.6. The molecule has 2 heterocycles. The number of hydrogen-bond acceptors (Lipinski definition) is 5. The summed E-state index contributed by atoms with van der Waals surface area (Å²) in [5.41, 5.74) is 2.33. The van der Waals surface area contributed by atoms with Gasteiger partial charge in [-0.25, -0.2) is 8.42 Å². The van der Waals surface area contributed by atoms with Crippen molar-refractivity contribution in [3.63, 3.8) is 0 Å². The Morgan fingerprint density at radius 2 is 1.60 bits per heavy atom. The molecule has 5 nitrogen and oxygen atoms in total. The molecule has 156 valence electrons. The van der Waals surface area contributed by atoms with Gasteiger partial charge in [0.05, 0.1) is 22.6 Å². The summed E-state index contributed by atoms with van der Waals surface area (Å²) in [6, 6.07) is 18.1. The first-order chi connectivity index (χ1) is 14.5. The van der Waals surface area contributed by atoms with E-state index in [0.29, 0.717) is 5.57 Å². The molecule has 0 spiro atoms. The molecule has 0 saturated carbocycles. The minimum Gasteiger partial charge on any atom is -0.364 e. The molecule has 2 aromatic rings. The lowest BCUT2D eigenvalue weighted by Crippen LogP contribution is -2.27. The molecule has 1 atom stereocenters. The zero-order valence-electron chi connectivity index (χ0n) is 17.0. The lowest BCUT2D eigenvalue weighted by atomic mass is 10.0. The molecule has 0 aromatic heterocycles. The molecule has 7 heteroatoms. The van der Waals surface area contributed by atoms with Crippen LogP contribution in [0.5, 0.6) is 0 Å². The standard InChI is InChI=1S/C23H25N3O2S2/c1-18-11-13-20(14-12-18)30(27,28)26-22(19-9-5-4-6-10-19)21(17-24)23(29-26)25-15-7-2-3-8-16-25/h4-6,9-14,22H,2-3,7-8,15-16H2,1H3. The summed E-state index contributed by atoms with van der Waals surface area (Å²) in [6.07, 6.45) is 4.46. The van der Waals surface area contributed by atoms with Gasteiger partial charge >= 0.3 is 0 Å². The van der Waals surface area contributed by atoms with Crippen molar-refractivity contribution < 1.29 is 8.42 Å². The van der Waals surface area contributed by atoms with Crippen LogP contribution in [-0.2, 0) is 10.0 Å². The normalized spacial score (nSPS) is 20.8. The quantitative estimate of drug-likeness (QED) is 0.627. The molecule has 4 rings (SSSR count). The average Bonchev–Trinajstić information content (AvgIpc) is 2.95. The number of nitriles is 1. The van der Waals surface area contributed by atoms with E-state index in [4.69, 9.17) is 0 Å². The van der Waals surface area contributed by atoms with Crippen LogP contribution >= 0.6 is 11.9 Å². The van der Waals surface area contributed by atoms with Crippen LogP contribution in [-0.4, -0.2) is 30.1 Å². The van der Waals surface area contributed by atoms with Crippen LogP contribution in [0.25, 0.3) is 0 Å². The fraction of sp³-hybridized carbons (Fsp3) is 0.348. The topological polar surface area (TPSA) is 64.4 Å². The zero-order valence-corrected chi connectivity index (χ0v) is 18.6. The first-order valence-corrected chi connectivity index (χ1v) is 12.5. The van der Waals surface area contributed by atoms with Gasteiger partial charge in [-0.3, -0.25) is 0 Å². The number of hydrogen-bond donors (Lipinski definition) is 0. The highest BCUT2D eigenvalue weighted by molar-refractivity contribution is 8.11. The van der Waals surface area contributed by atoms with Crippen LogP contribution in [0.15, 0.2) is 70.1 Å². The van der Waals surface area contributed by atoms with Gasteiger partial charge in [-0.15, -0.1) is 3.71 Å². The van der Waals surface area contributed by atoms with E-state index in [1.807, 2.05) is 37.3 Å². The van der Waals surface area contributed by atoms with E-state index in [2.05, 4.69) is 11.0 Å². The Hall–Kier alpha value is -2.27. The van der Waals surface area contributed by atoms with E-state index < -0.39 is 16.1 Å². The Balaban J connectivity index is 1.80. The first-order valence-electron chi connectivity index (χ1n) is 10.3. The molecule has 0 N–H and O–H groups in total.